The van der Waals surface area contributed by atoms with Gasteiger partial charge in [-0.3, -0.25) is 0 Å². The van der Waals surface area contributed by atoms with Gasteiger partial charge in [-0.25, -0.2) is 4.79 Å². The first kappa shape index (κ1) is 17.1. The molecule has 2 fully saturated rings. The molecule has 2 aliphatic rings. The van der Waals surface area contributed by atoms with E-state index in [-0.39, 0.29) is 12.0 Å². The van der Waals surface area contributed by atoms with Gasteiger partial charge in [-0.2, -0.15) is 5.26 Å². The number of nitriles is 1. The molecular formula is C17H29N3O2. The van der Waals surface area contributed by atoms with Crippen LogP contribution in [0.15, 0.2) is 0 Å². The van der Waals surface area contributed by atoms with Gasteiger partial charge in [-0.1, -0.05) is 6.42 Å². The molecule has 5 nitrogen and oxygen atoms in total. The number of carbonyl (C=O) groups is 1. The Labute approximate surface area is 134 Å². The lowest BCUT2D eigenvalue weighted by Crippen LogP contribution is -2.41. The van der Waals surface area contributed by atoms with E-state index in [9.17, 15) is 10.1 Å². The quantitative estimate of drug-likeness (QED) is 0.851. The highest BCUT2D eigenvalue weighted by molar-refractivity contribution is 5.68. The van der Waals surface area contributed by atoms with Gasteiger partial charge in [0, 0.05) is 25.2 Å². The van der Waals surface area contributed by atoms with Crippen molar-refractivity contribution in [3.63, 3.8) is 0 Å². The Morgan fingerprint density at radius 2 is 1.95 bits per heavy atom. The normalized spacial score (nSPS) is 29.7. The average molecular weight is 307 g/mol. The molecule has 0 aromatic carbocycles. The third-order valence-corrected chi connectivity index (χ3v) is 4.51. The van der Waals surface area contributed by atoms with E-state index in [1.165, 1.54) is 0 Å². The van der Waals surface area contributed by atoms with Crippen LogP contribution in [-0.4, -0.2) is 41.8 Å². The molecule has 0 radical (unpaired) electrons. The van der Waals surface area contributed by atoms with Crippen molar-refractivity contribution in [2.45, 2.75) is 77.0 Å². The third-order valence-electron chi connectivity index (χ3n) is 4.51. The molecule has 22 heavy (non-hydrogen) atoms. The number of hydrogen-bond acceptors (Lipinski definition) is 4. The molecule has 0 aromatic rings. The van der Waals surface area contributed by atoms with Crippen LogP contribution in [0.4, 0.5) is 4.79 Å². The van der Waals surface area contributed by atoms with E-state index in [2.05, 4.69) is 11.4 Å². The first-order chi connectivity index (χ1) is 10.4. The van der Waals surface area contributed by atoms with Crippen molar-refractivity contribution in [1.82, 2.24) is 10.2 Å². The van der Waals surface area contributed by atoms with Crippen LogP contribution < -0.4 is 5.32 Å². The molecule has 0 spiro atoms. The Bertz CT molecular complexity index is 425. The summed E-state index contributed by atoms with van der Waals surface area (Å²) in [5, 5.41) is 12.9. The van der Waals surface area contributed by atoms with E-state index in [4.69, 9.17) is 4.74 Å². The van der Waals surface area contributed by atoms with E-state index in [1.54, 1.807) is 0 Å². The zero-order valence-corrected chi connectivity index (χ0v) is 14.1. The van der Waals surface area contributed by atoms with Crippen molar-refractivity contribution >= 4 is 6.09 Å². The van der Waals surface area contributed by atoms with Gasteiger partial charge in [-0.15, -0.1) is 0 Å². The van der Waals surface area contributed by atoms with Gasteiger partial charge in [0.05, 0.1) is 12.0 Å². The van der Waals surface area contributed by atoms with Crippen LogP contribution in [0.2, 0.25) is 0 Å². The second kappa shape index (κ2) is 7.32. The molecule has 1 saturated heterocycles. The van der Waals surface area contributed by atoms with E-state index >= 15 is 0 Å². The third kappa shape index (κ3) is 4.88. The Balaban J connectivity index is 1.82. The fourth-order valence-electron chi connectivity index (χ4n) is 3.39. The number of likely N-dealkylation sites (tertiary alicyclic amines) is 1. The summed E-state index contributed by atoms with van der Waals surface area (Å²) in [4.78, 5) is 14.0. The number of nitrogens with zero attached hydrogens (tertiary/aromatic N) is 2. The average Bonchev–Trinajstić information content (AvgIpc) is 2.73. The first-order valence-electron chi connectivity index (χ1n) is 8.52. The molecule has 1 aliphatic carbocycles. The Hall–Kier alpha value is -1.28. The summed E-state index contributed by atoms with van der Waals surface area (Å²) in [5.74, 6) is 0.158. The standard InChI is InChI=1S/C17H29N3O2/c1-17(2,3)22-16(21)20-10-5-7-14(9-11-20)19-15-8-4-6-13(15)12-18/h13-15,19H,4-11H2,1-3H3. The predicted octanol–water partition coefficient (Wildman–Crippen LogP) is 3.06. The van der Waals surface area contributed by atoms with Gasteiger partial charge in [-0.05, 0) is 52.9 Å². The molecule has 3 unspecified atom stereocenters. The number of carbonyl (C=O) groups excluding carboxylic acids is 1. The van der Waals surface area contributed by atoms with Crippen molar-refractivity contribution in [2.24, 2.45) is 5.92 Å². The number of rotatable bonds is 2. The Morgan fingerprint density at radius 3 is 2.64 bits per heavy atom. The molecule has 3 atom stereocenters. The van der Waals surface area contributed by atoms with Gasteiger partial charge in [0.2, 0.25) is 0 Å². The smallest absolute Gasteiger partial charge is 0.410 e. The number of amides is 1. The van der Waals surface area contributed by atoms with Crippen LogP contribution >= 0.6 is 0 Å². The molecule has 1 heterocycles. The van der Waals surface area contributed by atoms with E-state index in [0.717, 1.165) is 51.6 Å². The molecule has 0 aromatic heterocycles. The highest BCUT2D eigenvalue weighted by Gasteiger charge is 2.30. The summed E-state index contributed by atoms with van der Waals surface area (Å²) in [7, 11) is 0. The lowest BCUT2D eigenvalue weighted by molar-refractivity contribution is 0.0256. The predicted molar refractivity (Wildman–Crippen MR) is 85.3 cm³/mol. The molecule has 1 N–H and O–H groups in total. The molecular weight excluding hydrogens is 278 g/mol. The Kier molecular flexibility index (Phi) is 5.69. The Morgan fingerprint density at radius 1 is 1.18 bits per heavy atom. The molecule has 1 amide bonds. The number of nitrogens with one attached hydrogen (secondary N) is 1. The summed E-state index contributed by atoms with van der Waals surface area (Å²) in [6, 6.07) is 3.17. The van der Waals surface area contributed by atoms with Crippen LogP contribution in [0.25, 0.3) is 0 Å². The van der Waals surface area contributed by atoms with Crippen molar-refractivity contribution < 1.29 is 9.53 Å². The molecule has 5 heteroatoms. The summed E-state index contributed by atoms with van der Waals surface area (Å²) in [6.07, 6.45) is 6.05. The SMILES string of the molecule is CC(C)(C)OC(=O)N1CCCC(NC2CCCC2C#N)CC1. The molecule has 2 rings (SSSR count). The molecule has 124 valence electrons. The maximum absolute atomic E-state index is 12.2. The van der Waals surface area contributed by atoms with Crippen molar-refractivity contribution in [1.29, 1.82) is 5.26 Å². The van der Waals surface area contributed by atoms with Crippen LogP contribution in [0, 0.1) is 17.2 Å². The molecule has 1 aliphatic heterocycles. The van der Waals surface area contributed by atoms with E-state index in [0.29, 0.717) is 12.1 Å². The fourth-order valence-corrected chi connectivity index (χ4v) is 3.39. The zero-order chi connectivity index (χ0) is 16.2. The van der Waals surface area contributed by atoms with Crippen LogP contribution in [-0.2, 0) is 4.74 Å². The molecule has 1 saturated carbocycles. The largest absolute Gasteiger partial charge is 0.444 e. The second-order valence-electron chi connectivity index (χ2n) is 7.53. The van der Waals surface area contributed by atoms with Gasteiger partial charge in [0.1, 0.15) is 5.60 Å². The van der Waals surface area contributed by atoms with E-state index < -0.39 is 5.60 Å². The minimum absolute atomic E-state index is 0.158. The van der Waals surface area contributed by atoms with Crippen molar-refractivity contribution in [2.75, 3.05) is 13.1 Å². The monoisotopic (exact) mass is 307 g/mol. The second-order valence-corrected chi connectivity index (χ2v) is 7.53. The topological polar surface area (TPSA) is 65.4 Å². The minimum Gasteiger partial charge on any atom is -0.444 e. The lowest BCUT2D eigenvalue weighted by atomic mass is 10.0. The maximum Gasteiger partial charge on any atom is 0.410 e. The number of hydrogen-bond donors (Lipinski definition) is 1. The summed E-state index contributed by atoms with van der Waals surface area (Å²) in [5.41, 5.74) is -0.440. The minimum atomic E-state index is -0.440. The van der Waals surface area contributed by atoms with E-state index in [1.807, 2.05) is 25.7 Å². The van der Waals surface area contributed by atoms with Crippen molar-refractivity contribution in [3.8, 4) is 6.07 Å². The lowest BCUT2D eigenvalue weighted by Gasteiger charge is -2.27. The highest BCUT2D eigenvalue weighted by atomic mass is 16.6. The van der Waals surface area contributed by atoms with Gasteiger partial charge in [0.15, 0.2) is 0 Å². The maximum atomic E-state index is 12.2. The molecule has 0 bridgehead atoms. The summed E-state index contributed by atoms with van der Waals surface area (Å²) in [6.45, 7) is 7.19. The summed E-state index contributed by atoms with van der Waals surface area (Å²) < 4.78 is 5.46. The van der Waals surface area contributed by atoms with Crippen LogP contribution in [0.1, 0.15) is 59.3 Å². The summed E-state index contributed by atoms with van der Waals surface area (Å²) >= 11 is 0. The van der Waals surface area contributed by atoms with Crippen LogP contribution in [0.3, 0.4) is 0 Å². The number of ether oxygens (including phenoxy) is 1. The zero-order valence-electron chi connectivity index (χ0n) is 14.1. The van der Waals surface area contributed by atoms with Gasteiger partial charge in [0.25, 0.3) is 0 Å². The highest BCUT2D eigenvalue weighted by Crippen LogP contribution is 2.26. The van der Waals surface area contributed by atoms with Crippen molar-refractivity contribution in [3.05, 3.63) is 0 Å². The van der Waals surface area contributed by atoms with Gasteiger partial charge >= 0.3 is 6.09 Å². The van der Waals surface area contributed by atoms with Gasteiger partial charge < -0.3 is 15.0 Å². The first-order valence-corrected chi connectivity index (χ1v) is 8.52. The fraction of sp³-hybridized carbons (Fsp3) is 0.882. The van der Waals surface area contributed by atoms with Crippen LogP contribution in [0.5, 0.6) is 0 Å².